The van der Waals surface area contributed by atoms with E-state index < -0.39 is 0 Å². The molecule has 5 heteroatoms. The number of nitrogens with zero attached hydrogens (tertiary/aromatic N) is 2. The van der Waals surface area contributed by atoms with Crippen molar-refractivity contribution in [1.29, 1.82) is 0 Å². The lowest BCUT2D eigenvalue weighted by Crippen LogP contribution is -2.41. The second-order valence-corrected chi connectivity index (χ2v) is 7.05. The van der Waals surface area contributed by atoms with Gasteiger partial charge in [0.15, 0.2) is 5.96 Å². The summed E-state index contributed by atoms with van der Waals surface area (Å²) < 4.78 is 0. The van der Waals surface area contributed by atoms with Crippen LogP contribution in [0.2, 0.25) is 0 Å². The summed E-state index contributed by atoms with van der Waals surface area (Å²) in [6, 6.07) is 10.8. The topological polar surface area (TPSA) is 39.7 Å². The Kier molecular flexibility index (Phi) is 8.32. The van der Waals surface area contributed by atoms with E-state index in [4.69, 9.17) is 0 Å². The van der Waals surface area contributed by atoms with Gasteiger partial charge in [-0.2, -0.15) is 11.8 Å². The van der Waals surface area contributed by atoms with Crippen molar-refractivity contribution < 1.29 is 0 Å². The van der Waals surface area contributed by atoms with Crippen molar-refractivity contribution in [3.8, 4) is 0 Å². The van der Waals surface area contributed by atoms with Crippen LogP contribution >= 0.6 is 11.8 Å². The molecule has 1 saturated heterocycles. The lowest BCUT2D eigenvalue weighted by Gasteiger charge is -2.17. The number of likely N-dealkylation sites (tertiary alicyclic amines) is 1. The van der Waals surface area contributed by atoms with E-state index in [1.165, 1.54) is 31.6 Å². The fraction of sp³-hybridized carbons (Fsp3) is 0.611. The van der Waals surface area contributed by atoms with Crippen molar-refractivity contribution >= 4 is 17.7 Å². The number of nitrogens with one attached hydrogen (secondary N) is 2. The van der Waals surface area contributed by atoms with Crippen LogP contribution in [0.5, 0.6) is 0 Å². The second kappa shape index (κ2) is 10.6. The van der Waals surface area contributed by atoms with E-state index in [1.807, 2.05) is 18.8 Å². The molecule has 0 aliphatic carbocycles. The Bertz CT molecular complexity index is 463. The first kappa shape index (κ1) is 18.1. The van der Waals surface area contributed by atoms with Gasteiger partial charge in [0.05, 0.1) is 0 Å². The second-order valence-electron chi connectivity index (χ2n) is 6.06. The molecule has 0 amide bonds. The molecule has 1 aromatic carbocycles. The molecule has 4 nitrogen and oxygen atoms in total. The summed E-state index contributed by atoms with van der Waals surface area (Å²) in [6.45, 7) is 5.57. The fourth-order valence-corrected chi connectivity index (χ4v) is 3.25. The molecule has 0 spiro atoms. The van der Waals surface area contributed by atoms with Crippen LogP contribution in [-0.4, -0.2) is 62.6 Å². The monoisotopic (exact) mass is 334 g/mol. The molecule has 1 heterocycles. The van der Waals surface area contributed by atoms with E-state index >= 15 is 0 Å². The molecule has 1 fully saturated rings. The first-order valence-corrected chi connectivity index (χ1v) is 9.91. The van der Waals surface area contributed by atoms with Gasteiger partial charge in [0, 0.05) is 39.0 Å². The smallest absolute Gasteiger partial charge is 0.191 e. The molecular formula is C18H30N4S. The van der Waals surface area contributed by atoms with Gasteiger partial charge in [-0.1, -0.05) is 30.3 Å². The van der Waals surface area contributed by atoms with Gasteiger partial charge in [-0.25, -0.2) is 0 Å². The van der Waals surface area contributed by atoms with Gasteiger partial charge in [-0.15, -0.1) is 0 Å². The van der Waals surface area contributed by atoms with Crippen molar-refractivity contribution in [3.05, 3.63) is 35.9 Å². The first-order chi connectivity index (χ1) is 11.3. The minimum Gasteiger partial charge on any atom is -0.356 e. The van der Waals surface area contributed by atoms with Crippen molar-refractivity contribution in [2.24, 2.45) is 10.9 Å². The summed E-state index contributed by atoms with van der Waals surface area (Å²) in [7, 11) is 1.84. The fourth-order valence-electron chi connectivity index (χ4n) is 2.95. The molecule has 1 aliphatic heterocycles. The highest BCUT2D eigenvalue weighted by atomic mass is 32.2. The van der Waals surface area contributed by atoms with Gasteiger partial charge in [0.25, 0.3) is 0 Å². The number of rotatable bonds is 8. The predicted molar refractivity (Wildman–Crippen MR) is 102 cm³/mol. The highest BCUT2D eigenvalue weighted by molar-refractivity contribution is 7.98. The zero-order valence-corrected chi connectivity index (χ0v) is 15.2. The maximum atomic E-state index is 4.29. The van der Waals surface area contributed by atoms with Gasteiger partial charge < -0.3 is 15.5 Å². The zero-order chi connectivity index (χ0) is 16.3. The quantitative estimate of drug-likeness (QED) is 0.434. The number of hydrogen-bond acceptors (Lipinski definition) is 3. The van der Waals surface area contributed by atoms with Crippen molar-refractivity contribution in [2.45, 2.75) is 12.8 Å². The SMILES string of the molecule is CN=C(NCCSC)NCC1CCN(CCc2ccccc2)C1. The standard InChI is InChI=1S/C18H30N4S/c1-19-18(20-10-13-23-2)21-14-17-9-12-22(15-17)11-8-16-6-4-3-5-7-16/h3-7,17H,8-15H2,1-2H3,(H2,19,20,21). The third-order valence-corrected chi connectivity index (χ3v) is 4.92. The van der Waals surface area contributed by atoms with Crippen LogP contribution in [0.15, 0.2) is 35.3 Å². The van der Waals surface area contributed by atoms with Crippen LogP contribution in [0, 0.1) is 5.92 Å². The van der Waals surface area contributed by atoms with Crippen molar-refractivity contribution in [3.63, 3.8) is 0 Å². The van der Waals surface area contributed by atoms with Gasteiger partial charge >= 0.3 is 0 Å². The minimum absolute atomic E-state index is 0.727. The molecule has 1 unspecified atom stereocenters. The number of hydrogen-bond donors (Lipinski definition) is 2. The number of aliphatic imine (C=N–C) groups is 1. The maximum absolute atomic E-state index is 4.29. The highest BCUT2D eigenvalue weighted by Crippen LogP contribution is 2.15. The van der Waals surface area contributed by atoms with Gasteiger partial charge in [0.1, 0.15) is 0 Å². The summed E-state index contributed by atoms with van der Waals surface area (Å²) in [5.41, 5.74) is 1.44. The van der Waals surface area contributed by atoms with Gasteiger partial charge in [-0.05, 0) is 37.1 Å². The van der Waals surface area contributed by atoms with Crippen LogP contribution in [-0.2, 0) is 6.42 Å². The Balaban J connectivity index is 1.63. The van der Waals surface area contributed by atoms with E-state index in [1.54, 1.807) is 0 Å². The molecule has 0 bridgehead atoms. The van der Waals surface area contributed by atoms with E-state index in [9.17, 15) is 0 Å². The number of benzene rings is 1. The zero-order valence-electron chi connectivity index (χ0n) is 14.4. The van der Waals surface area contributed by atoms with E-state index in [-0.39, 0.29) is 0 Å². The third-order valence-electron chi connectivity index (χ3n) is 4.31. The van der Waals surface area contributed by atoms with Crippen LogP contribution < -0.4 is 10.6 Å². The Morgan fingerprint density at radius 1 is 1.30 bits per heavy atom. The average Bonchev–Trinajstić information content (AvgIpc) is 3.05. The molecule has 0 saturated carbocycles. The van der Waals surface area contributed by atoms with Crippen LogP contribution in [0.25, 0.3) is 0 Å². The normalized spacial score (nSPS) is 19.0. The number of guanidine groups is 1. The molecule has 0 radical (unpaired) electrons. The maximum Gasteiger partial charge on any atom is 0.191 e. The van der Waals surface area contributed by atoms with Crippen molar-refractivity contribution in [2.75, 3.05) is 51.8 Å². The third kappa shape index (κ3) is 6.83. The molecule has 1 aromatic rings. The molecule has 128 valence electrons. The predicted octanol–water partition coefficient (Wildman–Crippen LogP) is 2.08. The highest BCUT2D eigenvalue weighted by Gasteiger charge is 2.22. The Morgan fingerprint density at radius 3 is 2.87 bits per heavy atom. The van der Waals surface area contributed by atoms with Crippen LogP contribution in [0.1, 0.15) is 12.0 Å². The molecule has 23 heavy (non-hydrogen) atoms. The van der Waals surface area contributed by atoms with E-state index in [2.05, 4.69) is 57.1 Å². The van der Waals surface area contributed by atoms with E-state index in [0.717, 1.165) is 37.1 Å². The van der Waals surface area contributed by atoms with Crippen LogP contribution in [0.3, 0.4) is 0 Å². The Labute approximate surface area is 145 Å². The Hall–Kier alpha value is -1.20. The van der Waals surface area contributed by atoms with Gasteiger partial charge in [-0.3, -0.25) is 4.99 Å². The summed E-state index contributed by atoms with van der Waals surface area (Å²) in [6.07, 6.45) is 4.56. The Morgan fingerprint density at radius 2 is 2.13 bits per heavy atom. The summed E-state index contributed by atoms with van der Waals surface area (Å²) in [4.78, 5) is 6.87. The molecule has 0 aromatic heterocycles. The lowest BCUT2D eigenvalue weighted by molar-refractivity contribution is 0.328. The first-order valence-electron chi connectivity index (χ1n) is 8.51. The van der Waals surface area contributed by atoms with Gasteiger partial charge in [0.2, 0.25) is 0 Å². The number of thioether (sulfide) groups is 1. The lowest BCUT2D eigenvalue weighted by atomic mass is 10.1. The van der Waals surface area contributed by atoms with Crippen LogP contribution in [0.4, 0.5) is 0 Å². The molecule has 1 aliphatic rings. The minimum atomic E-state index is 0.727. The largest absolute Gasteiger partial charge is 0.356 e. The average molecular weight is 335 g/mol. The summed E-state index contributed by atoms with van der Waals surface area (Å²) in [5.74, 6) is 2.77. The molecule has 2 rings (SSSR count). The summed E-state index contributed by atoms with van der Waals surface area (Å²) in [5, 5.41) is 6.82. The molecule has 2 N–H and O–H groups in total. The van der Waals surface area contributed by atoms with Crippen molar-refractivity contribution in [1.82, 2.24) is 15.5 Å². The molecule has 1 atom stereocenters. The summed E-state index contributed by atoms with van der Waals surface area (Å²) >= 11 is 1.85. The van der Waals surface area contributed by atoms with E-state index in [0.29, 0.717) is 0 Å². The molecular weight excluding hydrogens is 304 g/mol.